The second-order valence-electron chi connectivity index (χ2n) is 6.47. The van der Waals surface area contributed by atoms with Gasteiger partial charge in [0.1, 0.15) is 0 Å². The topological polar surface area (TPSA) is 16.1 Å². The third-order valence-electron chi connectivity index (χ3n) is 4.51. The average molecular weight is 260 g/mol. The molecule has 2 nitrogen and oxygen atoms in total. The molecule has 2 heterocycles. The van der Waals surface area contributed by atoms with Crippen LogP contribution in [0.25, 0.3) is 0 Å². The zero-order chi connectivity index (χ0) is 13.8. The van der Waals surface area contributed by atoms with Gasteiger partial charge in [-0.3, -0.25) is 4.98 Å². The van der Waals surface area contributed by atoms with Gasteiger partial charge >= 0.3 is 0 Å². The number of rotatable bonds is 4. The van der Waals surface area contributed by atoms with Gasteiger partial charge in [-0.25, -0.2) is 0 Å². The summed E-state index contributed by atoms with van der Waals surface area (Å²) in [6.45, 7) is 11.6. The van der Waals surface area contributed by atoms with Crippen LogP contribution in [0.5, 0.6) is 0 Å². The van der Waals surface area contributed by atoms with E-state index < -0.39 is 0 Å². The van der Waals surface area contributed by atoms with E-state index in [0.717, 1.165) is 5.92 Å². The van der Waals surface area contributed by atoms with E-state index >= 15 is 0 Å². The van der Waals surface area contributed by atoms with Crippen molar-refractivity contribution in [1.29, 1.82) is 0 Å². The molecule has 1 aromatic rings. The Balaban J connectivity index is 1.85. The van der Waals surface area contributed by atoms with E-state index in [2.05, 4.69) is 49.7 Å². The maximum Gasteiger partial charge on any atom is 0.0434 e. The molecule has 0 N–H and O–H groups in total. The summed E-state index contributed by atoms with van der Waals surface area (Å²) in [5.74, 6) is 1.47. The molecule has 0 spiro atoms. The zero-order valence-electron chi connectivity index (χ0n) is 12.9. The highest BCUT2D eigenvalue weighted by Crippen LogP contribution is 2.29. The van der Waals surface area contributed by atoms with E-state index in [1.807, 2.05) is 6.20 Å². The van der Waals surface area contributed by atoms with Crippen LogP contribution in [0.2, 0.25) is 0 Å². The van der Waals surface area contributed by atoms with Crippen LogP contribution in [0.3, 0.4) is 0 Å². The van der Waals surface area contributed by atoms with Gasteiger partial charge in [0, 0.05) is 17.9 Å². The molecule has 1 fully saturated rings. The molecule has 0 aliphatic carbocycles. The Labute approximate surface area is 118 Å². The maximum atomic E-state index is 4.54. The van der Waals surface area contributed by atoms with Crippen molar-refractivity contribution in [1.82, 2.24) is 9.88 Å². The minimum Gasteiger partial charge on any atom is -0.301 e. The molecule has 1 aromatic heterocycles. The Kier molecular flexibility index (Phi) is 4.98. The van der Waals surface area contributed by atoms with Gasteiger partial charge in [0.05, 0.1) is 0 Å². The van der Waals surface area contributed by atoms with E-state index in [0.29, 0.717) is 12.0 Å². The summed E-state index contributed by atoms with van der Waals surface area (Å²) in [5.41, 5.74) is 2.60. The molecule has 2 heteroatoms. The molecule has 106 valence electrons. The Morgan fingerprint density at radius 3 is 2.53 bits per heavy atom. The van der Waals surface area contributed by atoms with Crippen molar-refractivity contribution in [2.75, 3.05) is 13.1 Å². The number of piperidine rings is 1. The molecular formula is C17H28N2. The quantitative estimate of drug-likeness (QED) is 0.813. The largest absolute Gasteiger partial charge is 0.301 e. The first-order valence-corrected chi connectivity index (χ1v) is 7.73. The van der Waals surface area contributed by atoms with Gasteiger partial charge in [-0.05, 0) is 82.7 Å². The summed E-state index contributed by atoms with van der Waals surface area (Å²) in [6.07, 6.45) is 5.95. The van der Waals surface area contributed by atoms with Crippen molar-refractivity contribution in [2.24, 2.45) is 5.92 Å². The number of aromatic nitrogens is 1. The van der Waals surface area contributed by atoms with E-state index in [-0.39, 0.29) is 0 Å². The van der Waals surface area contributed by atoms with Crippen molar-refractivity contribution < 1.29 is 0 Å². The number of likely N-dealkylation sites (tertiary alicyclic amines) is 1. The highest BCUT2D eigenvalue weighted by molar-refractivity contribution is 5.17. The molecule has 19 heavy (non-hydrogen) atoms. The van der Waals surface area contributed by atoms with Crippen LogP contribution in [-0.4, -0.2) is 29.0 Å². The first-order chi connectivity index (χ1) is 9.06. The van der Waals surface area contributed by atoms with E-state index in [4.69, 9.17) is 0 Å². The lowest BCUT2D eigenvalue weighted by molar-refractivity contribution is 0.142. The minimum absolute atomic E-state index is 0.593. The third-order valence-corrected chi connectivity index (χ3v) is 4.51. The second kappa shape index (κ2) is 6.51. The molecule has 0 saturated carbocycles. The normalized spacial score (nSPS) is 19.8. The number of nitrogens with zero attached hydrogens (tertiary/aromatic N) is 2. The first kappa shape index (κ1) is 14.5. The first-order valence-electron chi connectivity index (χ1n) is 7.73. The van der Waals surface area contributed by atoms with Crippen molar-refractivity contribution in [2.45, 2.75) is 58.9 Å². The SMILES string of the molecule is Cc1ccnc(C(C)CC2CCN(C(C)C)CC2)c1. The van der Waals surface area contributed by atoms with Gasteiger partial charge in [-0.2, -0.15) is 0 Å². The summed E-state index contributed by atoms with van der Waals surface area (Å²) in [6, 6.07) is 5.03. The van der Waals surface area contributed by atoms with Gasteiger partial charge in [-0.15, -0.1) is 0 Å². The standard InChI is InChI=1S/C17H28N2/c1-13(2)19-9-6-16(7-10-19)12-15(4)17-11-14(3)5-8-18-17/h5,8,11,13,15-16H,6-7,9-10,12H2,1-4H3. The lowest BCUT2D eigenvalue weighted by Crippen LogP contribution is -2.38. The molecule has 1 atom stereocenters. The Hall–Kier alpha value is -0.890. The Morgan fingerprint density at radius 1 is 1.26 bits per heavy atom. The predicted molar refractivity (Wildman–Crippen MR) is 81.4 cm³/mol. The van der Waals surface area contributed by atoms with Crippen LogP contribution in [0.15, 0.2) is 18.3 Å². The smallest absolute Gasteiger partial charge is 0.0434 e. The highest BCUT2D eigenvalue weighted by atomic mass is 15.1. The van der Waals surface area contributed by atoms with Gasteiger partial charge in [0.25, 0.3) is 0 Å². The minimum atomic E-state index is 0.593. The predicted octanol–water partition coefficient (Wildman–Crippen LogP) is 4.00. The molecular weight excluding hydrogens is 232 g/mol. The number of aryl methyl sites for hydroxylation is 1. The molecule has 0 amide bonds. The molecule has 1 aliphatic heterocycles. The van der Waals surface area contributed by atoms with Crippen LogP contribution in [0, 0.1) is 12.8 Å². The van der Waals surface area contributed by atoms with Crippen LogP contribution < -0.4 is 0 Å². The zero-order valence-corrected chi connectivity index (χ0v) is 12.9. The van der Waals surface area contributed by atoms with E-state index in [1.165, 1.54) is 43.6 Å². The molecule has 1 saturated heterocycles. The van der Waals surface area contributed by atoms with Gasteiger partial charge < -0.3 is 4.90 Å². The van der Waals surface area contributed by atoms with Crippen molar-refractivity contribution in [3.63, 3.8) is 0 Å². The molecule has 0 radical (unpaired) electrons. The van der Waals surface area contributed by atoms with E-state index in [9.17, 15) is 0 Å². The van der Waals surface area contributed by atoms with Gasteiger partial charge in [0.15, 0.2) is 0 Å². The summed E-state index contributed by atoms with van der Waals surface area (Å²) in [7, 11) is 0. The van der Waals surface area contributed by atoms with Crippen LogP contribution in [-0.2, 0) is 0 Å². The fourth-order valence-corrected chi connectivity index (χ4v) is 3.15. The average Bonchev–Trinajstić information content (AvgIpc) is 2.39. The van der Waals surface area contributed by atoms with E-state index in [1.54, 1.807) is 0 Å². The molecule has 1 unspecified atom stereocenters. The Bertz CT molecular complexity index is 392. The van der Waals surface area contributed by atoms with Crippen molar-refractivity contribution >= 4 is 0 Å². The second-order valence-corrected chi connectivity index (χ2v) is 6.47. The number of hydrogen-bond donors (Lipinski definition) is 0. The Morgan fingerprint density at radius 2 is 1.95 bits per heavy atom. The summed E-state index contributed by atoms with van der Waals surface area (Å²) >= 11 is 0. The lowest BCUT2D eigenvalue weighted by Gasteiger charge is -2.35. The molecule has 1 aliphatic rings. The van der Waals surface area contributed by atoms with Crippen LogP contribution in [0.1, 0.15) is 57.2 Å². The van der Waals surface area contributed by atoms with Crippen molar-refractivity contribution in [3.05, 3.63) is 29.6 Å². The molecule has 0 aromatic carbocycles. The monoisotopic (exact) mass is 260 g/mol. The summed E-state index contributed by atoms with van der Waals surface area (Å²) in [5, 5.41) is 0. The molecule has 0 bridgehead atoms. The van der Waals surface area contributed by atoms with Gasteiger partial charge in [-0.1, -0.05) is 6.92 Å². The lowest BCUT2D eigenvalue weighted by atomic mass is 9.86. The third kappa shape index (κ3) is 4.04. The van der Waals surface area contributed by atoms with Crippen LogP contribution in [0.4, 0.5) is 0 Å². The highest BCUT2D eigenvalue weighted by Gasteiger charge is 2.23. The van der Waals surface area contributed by atoms with Crippen molar-refractivity contribution in [3.8, 4) is 0 Å². The summed E-state index contributed by atoms with van der Waals surface area (Å²) in [4.78, 5) is 7.14. The van der Waals surface area contributed by atoms with Gasteiger partial charge in [0.2, 0.25) is 0 Å². The number of hydrogen-bond acceptors (Lipinski definition) is 2. The summed E-state index contributed by atoms with van der Waals surface area (Å²) < 4.78 is 0. The maximum absolute atomic E-state index is 4.54. The molecule has 2 rings (SSSR count). The fraction of sp³-hybridized carbons (Fsp3) is 0.706. The van der Waals surface area contributed by atoms with Crippen LogP contribution >= 0.6 is 0 Å². The fourth-order valence-electron chi connectivity index (χ4n) is 3.15. The number of pyridine rings is 1.